The average molecular weight is 370 g/mol. The summed E-state index contributed by atoms with van der Waals surface area (Å²) in [5.41, 5.74) is 1.97. The first-order chi connectivity index (χ1) is 13.6. The number of hydrogen-bond acceptors (Lipinski definition) is 3. The van der Waals surface area contributed by atoms with Crippen LogP contribution in [0.5, 0.6) is 0 Å². The van der Waals surface area contributed by atoms with Crippen molar-refractivity contribution >= 4 is 22.8 Å². The number of carbonyl (C=O) groups is 1. The van der Waals surface area contributed by atoms with Crippen LogP contribution in [-0.4, -0.2) is 15.8 Å². The number of aromatic nitrogens is 2. The number of halogens is 1. The molecule has 4 nitrogen and oxygen atoms in total. The number of fused-ring (bicyclic) bond motifs is 1. The number of rotatable bonds is 4. The van der Waals surface area contributed by atoms with Crippen LogP contribution in [-0.2, 0) is 0 Å². The van der Waals surface area contributed by atoms with Crippen LogP contribution < -0.4 is 5.56 Å². The Hall–Kier alpha value is -3.86. The SMILES string of the molecule is O=C(/C=C/c1cccnc1)c1c(-c2ccc(F)cc2)c2ccccc2[nH]c1=O. The fraction of sp³-hybridized carbons (Fsp3) is 0. The van der Waals surface area contributed by atoms with Gasteiger partial charge in [0.15, 0.2) is 5.78 Å². The molecule has 2 aromatic carbocycles. The van der Waals surface area contributed by atoms with E-state index in [2.05, 4.69) is 9.97 Å². The van der Waals surface area contributed by atoms with Crippen LogP contribution in [0.1, 0.15) is 15.9 Å². The highest BCUT2D eigenvalue weighted by atomic mass is 19.1. The molecule has 0 radical (unpaired) electrons. The highest BCUT2D eigenvalue weighted by Gasteiger charge is 2.19. The molecular weight excluding hydrogens is 355 g/mol. The van der Waals surface area contributed by atoms with Crippen molar-refractivity contribution in [1.29, 1.82) is 0 Å². The maximum atomic E-state index is 13.4. The molecule has 0 aliphatic rings. The molecule has 28 heavy (non-hydrogen) atoms. The van der Waals surface area contributed by atoms with E-state index in [1.54, 1.807) is 48.8 Å². The lowest BCUT2D eigenvalue weighted by Gasteiger charge is -2.11. The standard InChI is InChI=1S/C23H15FN2O2/c24-17-10-8-16(9-11-17)21-18-5-1-2-6-19(18)26-23(28)22(21)20(27)12-7-15-4-3-13-25-14-15/h1-14H,(H,26,28)/b12-7+. The number of ketones is 1. The summed E-state index contributed by atoms with van der Waals surface area (Å²) in [7, 11) is 0. The van der Waals surface area contributed by atoms with Gasteiger partial charge in [-0.3, -0.25) is 14.6 Å². The van der Waals surface area contributed by atoms with Gasteiger partial charge in [0, 0.05) is 28.9 Å². The van der Waals surface area contributed by atoms with E-state index in [0.29, 0.717) is 22.0 Å². The first kappa shape index (κ1) is 17.5. The van der Waals surface area contributed by atoms with Crippen molar-refractivity contribution in [2.75, 3.05) is 0 Å². The number of H-pyrrole nitrogens is 1. The van der Waals surface area contributed by atoms with Gasteiger partial charge < -0.3 is 4.98 Å². The number of para-hydroxylation sites is 1. The van der Waals surface area contributed by atoms with Crippen LogP contribution >= 0.6 is 0 Å². The third-order valence-electron chi connectivity index (χ3n) is 4.41. The molecule has 0 amide bonds. The predicted octanol–water partition coefficient (Wildman–Crippen LogP) is 4.63. The molecule has 136 valence electrons. The lowest BCUT2D eigenvalue weighted by molar-refractivity contribution is 0.104. The minimum atomic E-state index is -0.487. The van der Waals surface area contributed by atoms with Gasteiger partial charge in [0.05, 0.1) is 5.56 Å². The third kappa shape index (κ3) is 3.38. The van der Waals surface area contributed by atoms with Crippen molar-refractivity contribution < 1.29 is 9.18 Å². The summed E-state index contributed by atoms with van der Waals surface area (Å²) in [6, 6.07) is 16.5. The molecule has 0 saturated heterocycles. The molecular formula is C23H15FN2O2. The Balaban J connectivity index is 1.92. The zero-order valence-corrected chi connectivity index (χ0v) is 14.7. The Labute approximate surface area is 160 Å². The highest BCUT2D eigenvalue weighted by Crippen LogP contribution is 2.30. The molecule has 5 heteroatoms. The van der Waals surface area contributed by atoms with Crippen LogP contribution in [0.15, 0.2) is 83.9 Å². The van der Waals surface area contributed by atoms with Crippen LogP contribution in [0.3, 0.4) is 0 Å². The van der Waals surface area contributed by atoms with E-state index in [4.69, 9.17) is 0 Å². The molecule has 0 aliphatic carbocycles. The zero-order valence-electron chi connectivity index (χ0n) is 14.7. The second kappa shape index (κ2) is 7.40. The number of nitrogens with zero attached hydrogens (tertiary/aromatic N) is 1. The lowest BCUT2D eigenvalue weighted by atomic mass is 9.94. The summed E-state index contributed by atoms with van der Waals surface area (Å²) >= 11 is 0. The minimum Gasteiger partial charge on any atom is -0.321 e. The van der Waals surface area contributed by atoms with Crippen molar-refractivity contribution in [3.63, 3.8) is 0 Å². The lowest BCUT2D eigenvalue weighted by Crippen LogP contribution is -2.18. The Morgan fingerprint density at radius 2 is 1.79 bits per heavy atom. The van der Waals surface area contributed by atoms with E-state index >= 15 is 0 Å². The minimum absolute atomic E-state index is 0.0189. The zero-order chi connectivity index (χ0) is 19.5. The molecule has 4 aromatic rings. The summed E-state index contributed by atoms with van der Waals surface area (Å²) in [5.74, 6) is -0.822. The van der Waals surface area contributed by atoms with Crippen LogP contribution in [0.4, 0.5) is 4.39 Å². The summed E-state index contributed by atoms with van der Waals surface area (Å²) in [6.45, 7) is 0. The second-order valence-corrected chi connectivity index (χ2v) is 6.24. The number of pyridine rings is 2. The number of hydrogen-bond donors (Lipinski definition) is 1. The smallest absolute Gasteiger partial charge is 0.260 e. The largest absolute Gasteiger partial charge is 0.321 e. The molecule has 2 heterocycles. The van der Waals surface area contributed by atoms with Crippen LogP contribution in [0.2, 0.25) is 0 Å². The van der Waals surface area contributed by atoms with Crippen molar-refractivity contribution in [2.24, 2.45) is 0 Å². The first-order valence-electron chi connectivity index (χ1n) is 8.67. The van der Waals surface area contributed by atoms with Crippen LogP contribution in [0.25, 0.3) is 28.1 Å². The van der Waals surface area contributed by atoms with E-state index < -0.39 is 11.3 Å². The van der Waals surface area contributed by atoms with E-state index in [9.17, 15) is 14.0 Å². The van der Waals surface area contributed by atoms with Crippen molar-refractivity contribution in [3.8, 4) is 11.1 Å². The highest BCUT2D eigenvalue weighted by molar-refractivity contribution is 6.15. The topological polar surface area (TPSA) is 62.8 Å². The van der Waals surface area contributed by atoms with Crippen LogP contribution in [0, 0.1) is 5.82 Å². The maximum absolute atomic E-state index is 13.4. The van der Waals surface area contributed by atoms with E-state index in [1.807, 2.05) is 18.2 Å². The quantitative estimate of drug-likeness (QED) is 0.421. The molecule has 4 rings (SSSR count). The van der Waals surface area contributed by atoms with Gasteiger partial charge in [0.25, 0.3) is 5.56 Å². The first-order valence-corrected chi connectivity index (χ1v) is 8.67. The molecule has 1 N–H and O–H groups in total. The monoisotopic (exact) mass is 370 g/mol. The van der Waals surface area contributed by atoms with Gasteiger partial charge in [-0.1, -0.05) is 36.4 Å². The second-order valence-electron chi connectivity index (χ2n) is 6.24. The Bertz CT molecular complexity index is 1240. The fourth-order valence-corrected chi connectivity index (χ4v) is 3.12. The molecule has 0 saturated carbocycles. The summed E-state index contributed by atoms with van der Waals surface area (Å²) in [6.07, 6.45) is 6.22. The summed E-state index contributed by atoms with van der Waals surface area (Å²) < 4.78 is 13.4. The molecule has 2 aromatic heterocycles. The van der Waals surface area contributed by atoms with E-state index in [-0.39, 0.29) is 11.4 Å². The molecule has 0 atom stereocenters. The average Bonchev–Trinajstić information content (AvgIpc) is 2.72. The van der Waals surface area contributed by atoms with Gasteiger partial charge >= 0.3 is 0 Å². The van der Waals surface area contributed by atoms with Crippen molar-refractivity contribution in [1.82, 2.24) is 9.97 Å². The van der Waals surface area contributed by atoms with E-state index in [0.717, 1.165) is 5.56 Å². The third-order valence-corrected chi connectivity index (χ3v) is 4.41. The molecule has 0 spiro atoms. The van der Waals surface area contributed by atoms with Gasteiger partial charge in [-0.05, 0) is 47.5 Å². The van der Waals surface area contributed by atoms with E-state index in [1.165, 1.54) is 18.2 Å². The number of carbonyl (C=O) groups excluding carboxylic acids is 1. The maximum Gasteiger partial charge on any atom is 0.260 e. The number of nitrogens with one attached hydrogen (secondary N) is 1. The number of aromatic amines is 1. The van der Waals surface area contributed by atoms with Crippen molar-refractivity contribution in [2.45, 2.75) is 0 Å². The molecule has 0 bridgehead atoms. The van der Waals surface area contributed by atoms with Crippen molar-refractivity contribution in [3.05, 3.63) is 106 Å². The van der Waals surface area contributed by atoms with Gasteiger partial charge in [0.2, 0.25) is 0 Å². The van der Waals surface area contributed by atoms with Gasteiger partial charge in [-0.2, -0.15) is 0 Å². The summed E-state index contributed by atoms with van der Waals surface area (Å²) in [5, 5.41) is 0.715. The number of allylic oxidation sites excluding steroid dienone is 1. The molecule has 0 fully saturated rings. The summed E-state index contributed by atoms with van der Waals surface area (Å²) in [4.78, 5) is 32.5. The fourth-order valence-electron chi connectivity index (χ4n) is 3.12. The van der Waals surface area contributed by atoms with Gasteiger partial charge in [0.1, 0.15) is 5.82 Å². The Morgan fingerprint density at radius 3 is 2.54 bits per heavy atom. The van der Waals surface area contributed by atoms with Gasteiger partial charge in [-0.25, -0.2) is 4.39 Å². The normalized spacial score (nSPS) is 11.2. The molecule has 0 aliphatic heterocycles. The van der Waals surface area contributed by atoms with Gasteiger partial charge in [-0.15, -0.1) is 0 Å². The predicted molar refractivity (Wildman–Crippen MR) is 108 cm³/mol. The number of benzene rings is 2. The Kier molecular flexibility index (Phi) is 4.64. The molecule has 0 unspecified atom stereocenters. The Morgan fingerprint density at radius 1 is 1.00 bits per heavy atom.